The van der Waals surface area contributed by atoms with Crippen LogP contribution < -0.4 is 0 Å². The van der Waals surface area contributed by atoms with Crippen LogP contribution in [0.25, 0.3) is 0 Å². The molecule has 0 spiro atoms. The van der Waals surface area contributed by atoms with Crippen molar-refractivity contribution in [3.05, 3.63) is 35.9 Å². The number of hydrogen-bond donors (Lipinski definition) is 0. The second kappa shape index (κ2) is 8.86. The Bertz CT molecular complexity index is 403. The van der Waals surface area contributed by atoms with Crippen molar-refractivity contribution in [1.29, 1.82) is 0 Å². The Kier molecular flexibility index (Phi) is 7.41. The summed E-state index contributed by atoms with van der Waals surface area (Å²) >= 11 is 0. The van der Waals surface area contributed by atoms with E-state index in [0.29, 0.717) is 11.5 Å². The second-order valence-electron chi connectivity index (χ2n) is 4.68. The third-order valence-electron chi connectivity index (χ3n) is 2.97. The lowest BCUT2D eigenvalue weighted by Gasteiger charge is -2.08. The zero-order chi connectivity index (χ0) is 14.1. The lowest BCUT2D eigenvalue weighted by atomic mass is 10.1. The van der Waals surface area contributed by atoms with Crippen molar-refractivity contribution < 1.29 is 13.7 Å². The maximum atomic E-state index is 11.8. The van der Waals surface area contributed by atoms with Crippen LogP contribution in [-0.4, -0.2) is 28.8 Å². The molecule has 1 aromatic rings. The van der Waals surface area contributed by atoms with Gasteiger partial charge in [-0.2, -0.15) is 0 Å². The van der Waals surface area contributed by atoms with Crippen LogP contribution in [0.4, 0.5) is 0 Å². The molecule has 3 nitrogen and oxygen atoms in total. The number of rotatable bonds is 8. The molecule has 2 unspecified atom stereocenters. The molecule has 0 radical (unpaired) electrons. The highest BCUT2D eigenvalue weighted by molar-refractivity contribution is 7.85. The molecule has 0 heterocycles. The summed E-state index contributed by atoms with van der Waals surface area (Å²) in [7, 11) is 0.432. The monoisotopic (exact) mass is 282 g/mol. The fourth-order valence-corrected chi connectivity index (χ4v) is 3.25. The number of carbonyl (C=O) groups is 1. The van der Waals surface area contributed by atoms with Crippen molar-refractivity contribution in [3.8, 4) is 0 Å². The zero-order valence-corrected chi connectivity index (χ0v) is 12.4. The summed E-state index contributed by atoms with van der Waals surface area (Å²) in [6, 6.07) is 10.3. The Morgan fingerprint density at radius 2 is 1.95 bits per heavy atom. The summed E-state index contributed by atoms with van der Waals surface area (Å²) < 4.78 is 16.4. The Balaban J connectivity index is 2.15. The van der Waals surface area contributed by atoms with Crippen LogP contribution in [0.15, 0.2) is 30.3 Å². The molecule has 1 rings (SSSR count). The van der Waals surface area contributed by atoms with Crippen molar-refractivity contribution >= 4 is 16.8 Å². The fraction of sp³-hybridized carbons (Fsp3) is 0.533. The Morgan fingerprint density at radius 1 is 1.26 bits per heavy atom. The third-order valence-corrected chi connectivity index (χ3v) is 4.59. The average molecular weight is 282 g/mol. The summed E-state index contributed by atoms with van der Waals surface area (Å²) in [5.74, 6) is 0.504. The number of unbranched alkanes of at least 4 members (excludes halogenated alkanes) is 1. The summed E-state index contributed by atoms with van der Waals surface area (Å²) in [4.78, 5) is 11.2. The zero-order valence-electron chi connectivity index (χ0n) is 11.6. The van der Waals surface area contributed by atoms with Crippen LogP contribution in [-0.2, 0) is 26.8 Å². The molecule has 106 valence electrons. The molecule has 1 aromatic carbocycles. The van der Waals surface area contributed by atoms with E-state index >= 15 is 0 Å². The van der Waals surface area contributed by atoms with Gasteiger partial charge in [-0.3, -0.25) is 9.00 Å². The van der Waals surface area contributed by atoms with Crippen LogP contribution in [0, 0.1) is 5.92 Å². The number of aryl methyl sites for hydroxylation is 1. The molecule has 0 aliphatic carbocycles. The lowest BCUT2D eigenvalue weighted by Crippen LogP contribution is -2.20. The van der Waals surface area contributed by atoms with Gasteiger partial charge < -0.3 is 4.74 Å². The van der Waals surface area contributed by atoms with Gasteiger partial charge in [-0.1, -0.05) is 37.3 Å². The minimum Gasteiger partial charge on any atom is -0.469 e. The van der Waals surface area contributed by atoms with E-state index in [1.807, 2.05) is 18.2 Å². The van der Waals surface area contributed by atoms with Gasteiger partial charge in [-0.25, -0.2) is 0 Å². The van der Waals surface area contributed by atoms with E-state index in [1.54, 1.807) is 6.92 Å². The highest BCUT2D eigenvalue weighted by Crippen LogP contribution is 2.07. The predicted molar refractivity (Wildman–Crippen MR) is 78.4 cm³/mol. The van der Waals surface area contributed by atoms with Crippen LogP contribution >= 0.6 is 0 Å². The molecule has 0 aromatic heterocycles. The summed E-state index contributed by atoms with van der Waals surface area (Å²) in [5.41, 5.74) is 1.32. The molecule has 0 N–H and O–H groups in total. The molecule has 0 fully saturated rings. The second-order valence-corrected chi connectivity index (χ2v) is 6.30. The van der Waals surface area contributed by atoms with Gasteiger partial charge in [0.05, 0.1) is 13.0 Å². The number of carbonyl (C=O) groups excluding carboxylic acids is 1. The van der Waals surface area contributed by atoms with E-state index in [-0.39, 0.29) is 11.9 Å². The summed E-state index contributed by atoms with van der Waals surface area (Å²) in [6.45, 7) is 1.76. The first-order valence-electron chi connectivity index (χ1n) is 6.60. The van der Waals surface area contributed by atoms with Gasteiger partial charge in [-0.05, 0) is 24.8 Å². The number of esters is 1. The molecule has 0 saturated heterocycles. The molecule has 19 heavy (non-hydrogen) atoms. The minimum atomic E-state index is -0.931. The first-order chi connectivity index (χ1) is 9.13. The lowest BCUT2D eigenvalue weighted by molar-refractivity contribution is -0.144. The Morgan fingerprint density at radius 3 is 2.58 bits per heavy atom. The van der Waals surface area contributed by atoms with Crippen molar-refractivity contribution in [2.45, 2.75) is 26.2 Å². The highest BCUT2D eigenvalue weighted by atomic mass is 32.2. The summed E-state index contributed by atoms with van der Waals surface area (Å²) in [5, 5.41) is 0. The van der Waals surface area contributed by atoms with E-state index in [1.165, 1.54) is 12.7 Å². The van der Waals surface area contributed by atoms with Crippen molar-refractivity contribution in [2.75, 3.05) is 18.6 Å². The predicted octanol–water partition coefficient (Wildman–Crippen LogP) is 2.57. The average Bonchev–Trinajstić information content (AvgIpc) is 2.43. The number of methoxy groups -OCH3 is 1. The van der Waals surface area contributed by atoms with Crippen LogP contribution in [0.2, 0.25) is 0 Å². The van der Waals surface area contributed by atoms with Crippen LogP contribution in [0.3, 0.4) is 0 Å². The quantitative estimate of drug-likeness (QED) is 0.543. The molecule has 0 aliphatic rings. The van der Waals surface area contributed by atoms with Gasteiger partial charge in [0.25, 0.3) is 0 Å². The van der Waals surface area contributed by atoms with E-state index in [2.05, 4.69) is 16.9 Å². The maximum absolute atomic E-state index is 11.8. The van der Waals surface area contributed by atoms with Crippen molar-refractivity contribution in [2.24, 2.45) is 5.92 Å². The van der Waals surface area contributed by atoms with Gasteiger partial charge >= 0.3 is 5.97 Å². The number of benzene rings is 1. The van der Waals surface area contributed by atoms with E-state index < -0.39 is 10.8 Å². The van der Waals surface area contributed by atoms with Gasteiger partial charge in [-0.15, -0.1) is 0 Å². The van der Waals surface area contributed by atoms with Crippen LogP contribution in [0.5, 0.6) is 0 Å². The molecular formula is C15H22O3S. The smallest absolute Gasteiger partial charge is 0.309 e. The minimum absolute atomic E-state index is 0.278. The largest absolute Gasteiger partial charge is 0.469 e. The topological polar surface area (TPSA) is 43.4 Å². The molecule has 2 atom stereocenters. The Hall–Kier alpha value is -1.16. The van der Waals surface area contributed by atoms with Gasteiger partial charge in [0.15, 0.2) is 0 Å². The van der Waals surface area contributed by atoms with Crippen molar-refractivity contribution in [3.63, 3.8) is 0 Å². The first-order valence-corrected chi connectivity index (χ1v) is 8.09. The van der Waals surface area contributed by atoms with Crippen molar-refractivity contribution in [1.82, 2.24) is 0 Å². The normalized spacial score (nSPS) is 13.8. The van der Waals surface area contributed by atoms with Crippen LogP contribution in [0.1, 0.15) is 25.3 Å². The number of ether oxygens (including phenoxy) is 1. The third kappa shape index (κ3) is 6.53. The Labute approximate surface area is 117 Å². The van der Waals surface area contributed by atoms with E-state index in [9.17, 15) is 9.00 Å². The molecular weight excluding hydrogens is 260 g/mol. The molecule has 0 aliphatic heterocycles. The first kappa shape index (κ1) is 15.9. The van der Waals surface area contributed by atoms with E-state index in [4.69, 9.17) is 0 Å². The maximum Gasteiger partial charge on any atom is 0.309 e. The standard InChI is InChI=1S/C15H22O3S/c1-13(15(16)18-2)12-19(17)11-7-6-10-14-8-4-3-5-9-14/h3-5,8-9,13H,6-7,10-12H2,1-2H3. The van der Waals surface area contributed by atoms with Gasteiger partial charge in [0, 0.05) is 22.3 Å². The molecule has 4 heteroatoms. The molecule has 0 amide bonds. The van der Waals surface area contributed by atoms with Gasteiger partial charge in [0.1, 0.15) is 0 Å². The van der Waals surface area contributed by atoms with E-state index in [0.717, 1.165) is 19.3 Å². The molecule has 0 saturated carbocycles. The number of hydrogen-bond acceptors (Lipinski definition) is 3. The summed E-state index contributed by atoms with van der Waals surface area (Å²) in [6.07, 6.45) is 2.97. The SMILES string of the molecule is COC(=O)C(C)CS(=O)CCCCc1ccccc1. The van der Waals surface area contributed by atoms with Gasteiger partial charge in [0.2, 0.25) is 0 Å². The highest BCUT2D eigenvalue weighted by Gasteiger charge is 2.15. The fourth-order valence-electron chi connectivity index (χ4n) is 1.87. The molecule has 0 bridgehead atoms.